The average Bonchev–Trinajstić information content (AvgIpc) is 2.87. The van der Waals surface area contributed by atoms with Gasteiger partial charge in [0.05, 0.1) is 6.54 Å². The van der Waals surface area contributed by atoms with E-state index in [1.54, 1.807) is 29.2 Å². The minimum Gasteiger partial charge on any atom is -0.480 e. The fraction of sp³-hybridized carbons (Fsp3) is 0.357. The van der Waals surface area contributed by atoms with Crippen LogP contribution in [0.15, 0.2) is 28.8 Å². The average molecular weight is 310 g/mol. The van der Waals surface area contributed by atoms with Crippen molar-refractivity contribution in [2.24, 2.45) is 0 Å². The molecule has 7 heteroatoms. The standard InChI is InChI=1S/C14H16ClN3O3/c1-9(2)14-16-12(21-17-14)7-18(8-13(19)20)11-5-3-10(15)4-6-11/h3-6,9H,7-8H2,1-2H3,(H,19,20). The number of aliphatic carboxylic acids is 1. The van der Waals surface area contributed by atoms with Crippen molar-refractivity contribution in [2.75, 3.05) is 11.4 Å². The van der Waals surface area contributed by atoms with Crippen LogP contribution in [0.5, 0.6) is 0 Å². The monoisotopic (exact) mass is 309 g/mol. The zero-order valence-electron chi connectivity index (χ0n) is 11.8. The molecule has 0 unspecified atom stereocenters. The Balaban J connectivity index is 2.19. The van der Waals surface area contributed by atoms with Crippen LogP contribution in [0.1, 0.15) is 31.5 Å². The highest BCUT2D eigenvalue weighted by Gasteiger charge is 2.16. The molecular formula is C14H16ClN3O3. The molecule has 1 aromatic carbocycles. The maximum Gasteiger partial charge on any atom is 0.323 e. The molecule has 1 N–H and O–H groups in total. The van der Waals surface area contributed by atoms with Gasteiger partial charge in [0.15, 0.2) is 5.82 Å². The van der Waals surface area contributed by atoms with Gasteiger partial charge in [-0.05, 0) is 24.3 Å². The fourth-order valence-corrected chi connectivity index (χ4v) is 1.91. The molecule has 2 aromatic rings. The van der Waals surface area contributed by atoms with E-state index < -0.39 is 5.97 Å². The second kappa shape index (κ2) is 6.58. The van der Waals surface area contributed by atoms with Gasteiger partial charge in [0.1, 0.15) is 6.54 Å². The number of hydrogen-bond donors (Lipinski definition) is 1. The number of nitrogens with zero attached hydrogens (tertiary/aromatic N) is 3. The Morgan fingerprint density at radius 2 is 2.05 bits per heavy atom. The van der Waals surface area contributed by atoms with Crippen molar-refractivity contribution in [3.05, 3.63) is 41.0 Å². The molecule has 1 heterocycles. The molecule has 112 valence electrons. The lowest BCUT2D eigenvalue weighted by molar-refractivity contribution is -0.135. The largest absolute Gasteiger partial charge is 0.480 e. The van der Waals surface area contributed by atoms with Crippen molar-refractivity contribution in [3.8, 4) is 0 Å². The van der Waals surface area contributed by atoms with Crippen molar-refractivity contribution < 1.29 is 14.4 Å². The summed E-state index contributed by atoms with van der Waals surface area (Å²) in [5, 5.41) is 13.5. The normalized spacial score (nSPS) is 10.9. The first-order valence-electron chi connectivity index (χ1n) is 6.50. The van der Waals surface area contributed by atoms with Crippen LogP contribution in [0, 0.1) is 0 Å². The van der Waals surface area contributed by atoms with E-state index >= 15 is 0 Å². The Labute approximate surface area is 127 Å². The van der Waals surface area contributed by atoms with E-state index in [0.717, 1.165) is 5.69 Å². The van der Waals surface area contributed by atoms with Crippen molar-refractivity contribution in [1.29, 1.82) is 0 Å². The first-order valence-corrected chi connectivity index (χ1v) is 6.88. The quantitative estimate of drug-likeness (QED) is 0.883. The van der Waals surface area contributed by atoms with Crippen LogP contribution in [0.3, 0.4) is 0 Å². The third kappa shape index (κ3) is 4.19. The SMILES string of the molecule is CC(C)c1noc(CN(CC(=O)O)c2ccc(Cl)cc2)n1. The lowest BCUT2D eigenvalue weighted by Crippen LogP contribution is -2.29. The molecule has 0 radical (unpaired) electrons. The van der Waals surface area contributed by atoms with E-state index in [0.29, 0.717) is 16.7 Å². The summed E-state index contributed by atoms with van der Waals surface area (Å²) in [4.78, 5) is 16.9. The molecule has 0 aliphatic carbocycles. The Kier molecular flexibility index (Phi) is 4.80. The van der Waals surface area contributed by atoms with Crippen molar-refractivity contribution >= 4 is 23.3 Å². The van der Waals surface area contributed by atoms with E-state index in [9.17, 15) is 4.79 Å². The maximum absolute atomic E-state index is 11.0. The van der Waals surface area contributed by atoms with E-state index in [-0.39, 0.29) is 19.0 Å². The van der Waals surface area contributed by atoms with E-state index in [2.05, 4.69) is 10.1 Å². The number of carboxylic acid groups (broad SMARTS) is 1. The zero-order chi connectivity index (χ0) is 15.4. The van der Waals surface area contributed by atoms with Gasteiger partial charge in [0, 0.05) is 16.6 Å². The van der Waals surface area contributed by atoms with Crippen LogP contribution in [0.25, 0.3) is 0 Å². The molecule has 0 saturated carbocycles. The van der Waals surface area contributed by atoms with Gasteiger partial charge in [-0.1, -0.05) is 30.6 Å². The molecule has 0 aliphatic heterocycles. The van der Waals surface area contributed by atoms with Gasteiger partial charge in [0.25, 0.3) is 0 Å². The minimum absolute atomic E-state index is 0.158. The highest BCUT2D eigenvalue weighted by Crippen LogP contribution is 2.20. The summed E-state index contributed by atoms with van der Waals surface area (Å²) in [5.41, 5.74) is 0.728. The summed E-state index contributed by atoms with van der Waals surface area (Å²) in [5.74, 6) is 0.214. The summed E-state index contributed by atoms with van der Waals surface area (Å²) in [6, 6.07) is 6.92. The first kappa shape index (κ1) is 15.3. The van der Waals surface area contributed by atoms with E-state index in [1.807, 2.05) is 13.8 Å². The molecule has 0 atom stereocenters. The topological polar surface area (TPSA) is 79.5 Å². The number of halogens is 1. The Hall–Kier alpha value is -2.08. The van der Waals surface area contributed by atoms with Gasteiger partial charge in [-0.3, -0.25) is 4.79 Å². The molecule has 0 spiro atoms. The Morgan fingerprint density at radius 1 is 1.38 bits per heavy atom. The molecule has 0 amide bonds. The second-order valence-electron chi connectivity index (χ2n) is 4.93. The lowest BCUT2D eigenvalue weighted by Gasteiger charge is -2.20. The number of benzene rings is 1. The molecule has 0 bridgehead atoms. The molecule has 0 fully saturated rings. The maximum atomic E-state index is 11.0. The summed E-state index contributed by atoms with van der Waals surface area (Å²) in [6.07, 6.45) is 0. The number of carbonyl (C=O) groups is 1. The fourth-order valence-electron chi connectivity index (χ4n) is 1.78. The molecule has 0 saturated heterocycles. The van der Waals surface area contributed by atoms with Crippen molar-refractivity contribution in [2.45, 2.75) is 26.3 Å². The highest BCUT2D eigenvalue weighted by molar-refractivity contribution is 6.30. The third-order valence-corrected chi connectivity index (χ3v) is 3.10. The van der Waals surface area contributed by atoms with Crippen LogP contribution < -0.4 is 4.90 Å². The minimum atomic E-state index is -0.937. The molecule has 21 heavy (non-hydrogen) atoms. The van der Waals surface area contributed by atoms with Gasteiger partial charge < -0.3 is 14.5 Å². The van der Waals surface area contributed by atoms with Gasteiger partial charge in [-0.2, -0.15) is 4.98 Å². The number of carboxylic acids is 1. The van der Waals surface area contributed by atoms with Gasteiger partial charge >= 0.3 is 5.97 Å². The number of anilines is 1. The molecule has 6 nitrogen and oxygen atoms in total. The van der Waals surface area contributed by atoms with Crippen LogP contribution in [0.4, 0.5) is 5.69 Å². The molecule has 0 aliphatic rings. The number of rotatable bonds is 6. The summed E-state index contributed by atoms with van der Waals surface area (Å²) < 4.78 is 5.16. The first-order chi connectivity index (χ1) is 9.95. The van der Waals surface area contributed by atoms with Crippen molar-refractivity contribution in [1.82, 2.24) is 10.1 Å². The zero-order valence-corrected chi connectivity index (χ0v) is 12.5. The molecule has 2 rings (SSSR count). The predicted molar refractivity (Wildman–Crippen MR) is 78.5 cm³/mol. The smallest absolute Gasteiger partial charge is 0.323 e. The highest BCUT2D eigenvalue weighted by atomic mass is 35.5. The van der Waals surface area contributed by atoms with Crippen LogP contribution in [-0.2, 0) is 11.3 Å². The second-order valence-corrected chi connectivity index (χ2v) is 5.36. The number of aromatic nitrogens is 2. The van der Waals surface area contributed by atoms with E-state index in [4.69, 9.17) is 21.2 Å². The van der Waals surface area contributed by atoms with Crippen LogP contribution in [0.2, 0.25) is 5.02 Å². The van der Waals surface area contributed by atoms with Crippen LogP contribution >= 0.6 is 11.6 Å². The van der Waals surface area contributed by atoms with Gasteiger partial charge in [-0.15, -0.1) is 0 Å². The molecule has 1 aromatic heterocycles. The van der Waals surface area contributed by atoms with Gasteiger partial charge in [0.2, 0.25) is 5.89 Å². The van der Waals surface area contributed by atoms with Gasteiger partial charge in [-0.25, -0.2) is 0 Å². The number of hydrogen-bond acceptors (Lipinski definition) is 5. The summed E-state index contributed by atoms with van der Waals surface area (Å²) in [7, 11) is 0. The van der Waals surface area contributed by atoms with Crippen LogP contribution in [-0.4, -0.2) is 27.8 Å². The lowest BCUT2D eigenvalue weighted by atomic mass is 10.2. The Morgan fingerprint density at radius 3 is 2.57 bits per heavy atom. The summed E-state index contributed by atoms with van der Waals surface area (Å²) in [6.45, 7) is 3.99. The predicted octanol–water partition coefficient (Wildman–Crippen LogP) is 2.94. The Bertz CT molecular complexity index is 610. The van der Waals surface area contributed by atoms with E-state index in [1.165, 1.54) is 0 Å². The third-order valence-electron chi connectivity index (χ3n) is 2.84. The molecular weight excluding hydrogens is 294 g/mol. The summed E-state index contributed by atoms with van der Waals surface area (Å²) >= 11 is 5.84. The van der Waals surface area contributed by atoms with Crippen molar-refractivity contribution in [3.63, 3.8) is 0 Å².